The molecule has 5 heteroatoms. The number of hydrogen-bond acceptors (Lipinski definition) is 3. The van der Waals surface area contributed by atoms with Crippen LogP contribution in [0.2, 0.25) is 0 Å². The lowest BCUT2D eigenvalue weighted by Crippen LogP contribution is -2.39. The molecule has 0 spiro atoms. The van der Waals surface area contributed by atoms with E-state index in [4.69, 9.17) is 11.7 Å². The zero-order valence-electron chi connectivity index (χ0n) is 8.78. The van der Waals surface area contributed by atoms with Gasteiger partial charge in [-0.05, 0) is 16.4 Å². The molecule has 0 fully saturated rings. The van der Waals surface area contributed by atoms with Crippen LogP contribution in [0.15, 0.2) is 15.3 Å². The van der Waals surface area contributed by atoms with E-state index in [0.717, 1.165) is 25.2 Å². The van der Waals surface area contributed by atoms with Gasteiger partial charge in [0.1, 0.15) is 5.84 Å². The summed E-state index contributed by atoms with van der Waals surface area (Å²) in [6.45, 7) is 4.98. The molecule has 14 heavy (non-hydrogen) atoms. The van der Waals surface area contributed by atoms with Gasteiger partial charge in [0.05, 0.1) is 0 Å². The Labute approximate surface area is 99.5 Å². The normalized spacial score (nSPS) is 12.8. The molecular formula is C9H19IN4. The molecule has 4 nitrogen and oxygen atoms in total. The number of hydrazine groups is 1. The standard InChI is InChI=1S/C9H19IN4/c1-8(2)7-9(13-11)14(12)6-4-3-5-10/h3,5,8H,4,6-7,11-12H2,1-2H3/b5-3-,13-9-. The zero-order chi connectivity index (χ0) is 11.0. The molecule has 0 radical (unpaired) electrons. The summed E-state index contributed by atoms with van der Waals surface area (Å²) in [7, 11) is 0. The fourth-order valence-electron chi connectivity index (χ4n) is 1.01. The van der Waals surface area contributed by atoms with Crippen LogP contribution in [0.4, 0.5) is 0 Å². The van der Waals surface area contributed by atoms with E-state index in [-0.39, 0.29) is 0 Å². The molecule has 0 saturated carbocycles. The van der Waals surface area contributed by atoms with Gasteiger partial charge < -0.3 is 5.84 Å². The maximum Gasteiger partial charge on any atom is 0.138 e. The summed E-state index contributed by atoms with van der Waals surface area (Å²) in [5, 5.41) is 5.32. The van der Waals surface area contributed by atoms with Gasteiger partial charge in [-0.2, -0.15) is 5.10 Å². The van der Waals surface area contributed by atoms with E-state index in [0.29, 0.717) is 5.92 Å². The minimum absolute atomic E-state index is 0.517. The smallest absolute Gasteiger partial charge is 0.138 e. The molecule has 0 amide bonds. The largest absolute Gasteiger partial charge is 0.322 e. The first-order valence-corrected chi connectivity index (χ1v) is 5.90. The number of hydrazone groups is 1. The maximum absolute atomic E-state index is 5.80. The molecule has 0 atom stereocenters. The Morgan fingerprint density at radius 2 is 2.21 bits per heavy atom. The highest BCUT2D eigenvalue weighted by Crippen LogP contribution is 2.03. The molecule has 0 aromatic rings. The van der Waals surface area contributed by atoms with E-state index >= 15 is 0 Å². The van der Waals surface area contributed by atoms with Crippen LogP contribution >= 0.6 is 22.6 Å². The molecule has 0 unspecified atom stereocenters. The van der Waals surface area contributed by atoms with Crippen molar-refractivity contribution in [2.24, 2.45) is 22.7 Å². The summed E-state index contributed by atoms with van der Waals surface area (Å²) < 4.78 is 1.98. The van der Waals surface area contributed by atoms with Crippen LogP contribution in [0, 0.1) is 5.92 Å². The van der Waals surface area contributed by atoms with Crippen LogP contribution in [0.1, 0.15) is 26.7 Å². The summed E-state index contributed by atoms with van der Waals surface area (Å²) >= 11 is 2.19. The monoisotopic (exact) mass is 310 g/mol. The number of rotatable bonds is 5. The van der Waals surface area contributed by atoms with E-state index in [1.165, 1.54) is 0 Å². The average Bonchev–Trinajstić information content (AvgIpc) is 2.14. The molecular weight excluding hydrogens is 291 g/mol. The Bertz CT molecular complexity index is 201. The Kier molecular flexibility index (Phi) is 7.87. The van der Waals surface area contributed by atoms with E-state index < -0.39 is 0 Å². The summed E-state index contributed by atoms with van der Waals surface area (Å²) in [6, 6.07) is 0. The molecule has 0 aromatic carbocycles. The Morgan fingerprint density at radius 1 is 1.57 bits per heavy atom. The van der Waals surface area contributed by atoms with E-state index in [9.17, 15) is 0 Å². The van der Waals surface area contributed by atoms with Crippen molar-refractivity contribution < 1.29 is 0 Å². The van der Waals surface area contributed by atoms with Gasteiger partial charge in [-0.1, -0.05) is 42.5 Å². The second-order valence-corrected chi connectivity index (χ2v) is 4.21. The first kappa shape index (κ1) is 13.7. The van der Waals surface area contributed by atoms with Crippen molar-refractivity contribution >= 4 is 28.4 Å². The average molecular weight is 310 g/mol. The van der Waals surface area contributed by atoms with Crippen LogP contribution in [-0.4, -0.2) is 17.4 Å². The van der Waals surface area contributed by atoms with Gasteiger partial charge in [-0.15, -0.1) is 0 Å². The SMILES string of the molecule is CC(C)C/C(=N/N)N(N)CC/C=C\I. The summed E-state index contributed by atoms with van der Waals surface area (Å²) in [5.41, 5.74) is 0. The predicted molar refractivity (Wildman–Crippen MR) is 69.7 cm³/mol. The van der Waals surface area contributed by atoms with Crippen molar-refractivity contribution in [1.82, 2.24) is 5.01 Å². The first-order chi connectivity index (χ1) is 6.61. The van der Waals surface area contributed by atoms with Crippen LogP contribution < -0.4 is 11.7 Å². The molecule has 0 aromatic heterocycles. The fourth-order valence-corrected chi connectivity index (χ4v) is 1.37. The predicted octanol–water partition coefficient (Wildman–Crippen LogP) is 1.82. The number of amidine groups is 1. The van der Waals surface area contributed by atoms with Crippen molar-refractivity contribution in [2.45, 2.75) is 26.7 Å². The Hall–Kier alpha value is -0.300. The fraction of sp³-hybridized carbons (Fsp3) is 0.667. The van der Waals surface area contributed by atoms with Crippen LogP contribution in [0.3, 0.4) is 0 Å². The van der Waals surface area contributed by atoms with Gasteiger partial charge in [-0.3, -0.25) is 5.01 Å². The van der Waals surface area contributed by atoms with Gasteiger partial charge in [0.15, 0.2) is 0 Å². The lowest BCUT2D eigenvalue weighted by atomic mass is 10.1. The van der Waals surface area contributed by atoms with Gasteiger partial charge in [0, 0.05) is 13.0 Å². The van der Waals surface area contributed by atoms with Crippen molar-refractivity contribution in [3.63, 3.8) is 0 Å². The van der Waals surface area contributed by atoms with Crippen LogP contribution in [0.5, 0.6) is 0 Å². The van der Waals surface area contributed by atoms with Crippen molar-refractivity contribution in [1.29, 1.82) is 0 Å². The van der Waals surface area contributed by atoms with Crippen molar-refractivity contribution in [2.75, 3.05) is 6.54 Å². The third kappa shape index (κ3) is 6.20. The van der Waals surface area contributed by atoms with Gasteiger partial charge >= 0.3 is 0 Å². The van der Waals surface area contributed by atoms with Crippen molar-refractivity contribution in [3.05, 3.63) is 10.2 Å². The highest BCUT2D eigenvalue weighted by atomic mass is 127. The number of halogens is 1. The van der Waals surface area contributed by atoms with E-state index in [1.807, 2.05) is 4.08 Å². The summed E-state index contributed by atoms with van der Waals surface area (Å²) in [4.78, 5) is 0. The molecule has 0 saturated heterocycles. The quantitative estimate of drug-likeness (QED) is 0.268. The second-order valence-electron chi connectivity index (χ2n) is 3.49. The van der Waals surface area contributed by atoms with Crippen LogP contribution in [-0.2, 0) is 0 Å². The highest BCUT2D eigenvalue weighted by Gasteiger charge is 2.08. The molecule has 82 valence electrons. The van der Waals surface area contributed by atoms with E-state index in [2.05, 4.69) is 47.6 Å². The molecule has 0 aliphatic rings. The molecule has 0 heterocycles. The van der Waals surface area contributed by atoms with Gasteiger partial charge in [0.2, 0.25) is 0 Å². The number of nitrogens with zero attached hydrogens (tertiary/aromatic N) is 2. The second kappa shape index (κ2) is 8.05. The Balaban J connectivity index is 3.99. The molecule has 0 aliphatic carbocycles. The maximum atomic E-state index is 5.80. The van der Waals surface area contributed by atoms with Crippen LogP contribution in [0.25, 0.3) is 0 Å². The third-order valence-corrected chi connectivity index (χ3v) is 2.21. The lowest BCUT2D eigenvalue weighted by molar-refractivity contribution is 0.426. The molecule has 4 N–H and O–H groups in total. The minimum atomic E-state index is 0.517. The Morgan fingerprint density at radius 3 is 2.64 bits per heavy atom. The van der Waals surface area contributed by atoms with E-state index in [1.54, 1.807) is 5.01 Å². The summed E-state index contributed by atoms with van der Waals surface area (Å²) in [5.74, 6) is 12.4. The number of hydrogen-bond donors (Lipinski definition) is 2. The summed E-state index contributed by atoms with van der Waals surface area (Å²) in [6.07, 6.45) is 3.79. The first-order valence-electron chi connectivity index (χ1n) is 4.66. The zero-order valence-corrected chi connectivity index (χ0v) is 10.9. The third-order valence-electron chi connectivity index (χ3n) is 1.70. The van der Waals surface area contributed by atoms with Gasteiger partial charge in [-0.25, -0.2) is 5.84 Å². The van der Waals surface area contributed by atoms with Gasteiger partial charge in [0.25, 0.3) is 0 Å². The topological polar surface area (TPSA) is 67.6 Å². The van der Waals surface area contributed by atoms with Crippen molar-refractivity contribution in [3.8, 4) is 0 Å². The lowest BCUT2D eigenvalue weighted by Gasteiger charge is -2.20. The number of nitrogens with two attached hydrogens (primary N) is 2. The molecule has 0 aliphatic heterocycles. The molecule has 0 bridgehead atoms. The molecule has 0 rings (SSSR count). The highest BCUT2D eigenvalue weighted by molar-refractivity contribution is 14.1. The minimum Gasteiger partial charge on any atom is -0.322 e.